The van der Waals surface area contributed by atoms with Crippen LogP contribution in [0.2, 0.25) is 0 Å². The molecule has 3 aromatic carbocycles. The molecule has 3 rings (SSSR count). The van der Waals surface area contributed by atoms with Gasteiger partial charge in [-0.25, -0.2) is 0 Å². The zero-order chi connectivity index (χ0) is 20.6. The van der Waals surface area contributed by atoms with Gasteiger partial charge in [-0.1, -0.05) is 31.2 Å². The highest BCUT2D eigenvalue weighted by Crippen LogP contribution is 2.27. The highest BCUT2D eigenvalue weighted by molar-refractivity contribution is 5.84. The van der Waals surface area contributed by atoms with Crippen molar-refractivity contribution in [3.05, 3.63) is 60.2 Å². The molecule has 1 atom stereocenters. The maximum atomic E-state index is 5.89. The van der Waals surface area contributed by atoms with Crippen molar-refractivity contribution in [2.45, 2.75) is 26.6 Å². The van der Waals surface area contributed by atoms with Gasteiger partial charge in [-0.15, -0.1) is 0 Å². The second-order valence-electron chi connectivity index (χ2n) is 6.65. The van der Waals surface area contributed by atoms with Gasteiger partial charge >= 0.3 is 0 Å². The molecule has 0 radical (unpaired) electrons. The lowest BCUT2D eigenvalue weighted by molar-refractivity contribution is -0.0738. The van der Waals surface area contributed by atoms with Crippen LogP contribution in [-0.2, 0) is 11.2 Å². The SMILES string of the molecule is CCc1ccc2cc(OC(C)OCCOc3cc(OC)cc(OC)c3)ccc2c1. The summed E-state index contributed by atoms with van der Waals surface area (Å²) in [6.07, 6.45) is 0.648. The molecule has 154 valence electrons. The molecule has 0 N–H and O–H groups in total. The summed E-state index contributed by atoms with van der Waals surface area (Å²) in [5.41, 5.74) is 1.33. The lowest BCUT2D eigenvalue weighted by atomic mass is 10.1. The molecule has 0 bridgehead atoms. The maximum absolute atomic E-state index is 5.89. The highest BCUT2D eigenvalue weighted by atomic mass is 16.7. The van der Waals surface area contributed by atoms with Crippen LogP contribution in [0.15, 0.2) is 54.6 Å². The number of hydrogen-bond acceptors (Lipinski definition) is 5. The van der Waals surface area contributed by atoms with Crippen molar-refractivity contribution in [3.63, 3.8) is 0 Å². The minimum atomic E-state index is -0.384. The van der Waals surface area contributed by atoms with E-state index in [1.807, 2.05) is 31.2 Å². The Morgan fingerprint density at radius 3 is 2.07 bits per heavy atom. The number of rotatable bonds is 10. The minimum absolute atomic E-state index is 0.384. The summed E-state index contributed by atoms with van der Waals surface area (Å²) in [5, 5.41) is 2.37. The van der Waals surface area contributed by atoms with Crippen LogP contribution < -0.4 is 18.9 Å². The summed E-state index contributed by atoms with van der Waals surface area (Å²) in [6, 6.07) is 18.0. The molecule has 0 fully saturated rings. The van der Waals surface area contributed by atoms with E-state index in [-0.39, 0.29) is 6.29 Å². The molecule has 0 aliphatic rings. The highest BCUT2D eigenvalue weighted by Gasteiger charge is 2.07. The molecule has 0 aliphatic heterocycles. The van der Waals surface area contributed by atoms with Crippen LogP contribution in [0.25, 0.3) is 10.8 Å². The Balaban J connectivity index is 1.49. The van der Waals surface area contributed by atoms with E-state index in [1.54, 1.807) is 20.3 Å². The van der Waals surface area contributed by atoms with Gasteiger partial charge in [-0.05, 0) is 41.8 Å². The number of ether oxygens (including phenoxy) is 5. The second-order valence-corrected chi connectivity index (χ2v) is 6.65. The summed E-state index contributed by atoms with van der Waals surface area (Å²) in [6.45, 7) is 4.82. The fraction of sp³-hybridized carbons (Fsp3) is 0.333. The Kier molecular flexibility index (Phi) is 7.19. The van der Waals surface area contributed by atoms with Gasteiger partial charge in [-0.3, -0.25) is 0 Å². The molecular weight excluding hydrogens is 368 g/mol. The van der Waals surface area contributed by atoms with Gasteiger partial charge < -0.3 is 23.7 Å². The van der Waals surface area contributed by atoms with Crippen LogP contribution in [0.4, 0.5) is 0 Å². The van der Waals surface area contributed by atoms with Crippen LogP contribution in [0, 0.1) is 0 Å². The van der Waals surface area contributed by atoms with Crippen molar-refractivity contribution in [3.8, 4) is 23.0 Å². The van der Waals surface area contributed by atoms with E-state index in [0.29, 0.717) is 30.5 Å². The van der Waals surface area contributed by atoms with Gasteiger partial charge in [0.1, 0.15) is 29.6 Å². The molecule has 3 aromatic rings. The van der Waals surface area contributed by atoms with Gasteiger partial charge in [0.25, 0.3) is 0 Å². The summed E-state index contributed by atoms with van der Waals surface area (Å²) in [5.74, 6) is 2.81. The second kappa shape index (κ2) is 10.0. The van der Waals surface area contributed by atoms with Crippen LogP contribution in [-0.4, -0.2) is 33.7 Å². The van der Waals surface area contributed by atoms with Crippen LogP contribution in [0.1, 0.15) is 19.4 Å². The van der Waals surface area contributed by atoms with Gasteiger partial charge in [0, 0.05) is 18.2 Å². The summed E-state index contributed by atoms with van der Waals surface area (Å²) >= 11 is 0. The minimum Gasteiger partial charge on any atom is -0.496 e. The predicted octanol–water partition coefficient (Wildman–Crippen LogP) is 5.24. The average Bonchev–Trinajstić information content (AvgIpc) is 2.76. The zero-order valence-corrected chi connectivity index (χ0v) is 17.4. The monoisotopic (exact) mass is 396 g/mol. The Hall–Kier alpha value is -2.92. The van der Waals surface area contributed by atoms with E-state index in [0.717, 1.165) is 17.6 Å². The average molecular weight is 396 g/mol. The lowest BCUT2D eigenvalue weighted by Crippen LogP contribution is -2.19. The lowest BCUT2D eigenvalue weighted by Gasteiger charge is -2.16. The first kappa shape index (κ1) is 20.8. The van der Waals surface area contributed by atoms with E-state index < -0.39 is 0 Å². The van der Waals surface area contributed by atoms with Crippen molar-refractivity contribution in [2.24, 2.45) is 0 Å². The van der Waals surface area contributed by atoms with Crippen LogP contribution in [0.5, 0.6) is 23.0 Å². The number of aryl methyl sites for hydroxylation is 1. The molecular formula is C24H28O5. The molecule has 0 saturated heterocycles. The topological polar surface area (TPSA) is 46.2 Å². The fourth-order valence-corrected chi connectivity index (χ4v) is 3.03. The number of methoxy groups -OCH3 is 2. The first-order valence-corrected chi connectivity index (χ1v) is 9.78. The van der Waals surface area contributed by atoms with Crippen molar-refractivity contribution in [1.82, 2.24) is 0 Å². The molecule has 0 saturated carbocycles. The normalized spacial score (nSPS) is 11.9. The Morgan fingerprint density at radius 2 is 1.38 bits per heavy atom. The van der Waals surface area contributed by atoms with Crippen molar-refractivity contribution < 1.29 is 23.7 Å². The Morgan fingerprint density at radius 1 is 0.724 bits per heavy atom. The summed E-state index contributed by atoms with van der Waals surface area (Å²) in [4.78, 5) is 0. The molecule has 29 heavy (non-hydrogen) atoms. The van der Waals surface area contributed by atoms with Crippen molar-refractivity contribution >= 4 is 10.8 Å². The predicted molar refractivity (Wildman–Crippen MR) is 114 cm³/mol. The van der Waals surface area contributed by atoms with Gasteiger partial charge in [0.05, 0.1) is 20.8 Å². The molecule has 0 heterocycles. The van der Waals surface area contributed by atoms with Crippen molar-refractivity contribution in [2.75, 3.05) is 27.4 Å². The molecule has 5 heteroatoms. The number of hydrogen-bond donors (Lipinski definition) is 0. The third-order valence-corrected chi connectivity index (χ3v) is 4.62. The van der Waals surface area contributed by atoms with E-state index in [9.17, 15) is 0 Å². The largest absolute Gasteiger partial charge is 0.496 e. The zero-order valence-electron chi connectivity index (χ0n) is 17.4. The molecule has 0 amide bonds. The Bertz CT molecular complexity index is 915. The van der Waals surface area contributed by atoms with Crippen molar-refractivity contribution in [1.29, 1.82) is 0 Å². The number of fused-ring (bicyclic) bond motifs is 1. The third kappa shape index (κ3) is 5.78. The molecule has 0 spiro atoms. The quantitative estimate of drug-likeness (QED) is 0.346. The van der Waals surface area contributed by atoms with Gasteiger partial charge in [-0.2, -0.15) is 0 Å². The molecule has 0 aromatic heterocycles. The summed E-state index contributed by atoms with van der Waals surface area (Å²) < 4.78 is 27.8. The van der Waals surface area contributed by atoms with Crippen LogP contribution in [0.3, 0.4) is 0 Å². The fourth-order valence-electron chi connectivity index (χ4n) is 3.03. The van der Waals surface area contributed by atoms with Gasteiger partial charge in [0.2, 0.25) is 0 Å². The first-order chi connectivity index (χ1) is 14.1. The molecule has 1 unspecified atom stereocenters. The van der Waals surface area contributed by atoms with E-state index in [1.165, 1.54) is 10.9 Å². The first-order valence-electron chi connectivity index (χ1n) is 9.78. The van der Waals surface area contributed by atoms with E-state index >= 15 is 0 Å². The third-order valence-electron chi connectivity index (χ3n) is 4.62. The molecule has 5 nitrogen and oxygen atoms in total. The standard InChI is InChI=1S/C24H28O5/c1-5-18-6-7-20-13-21(9-8-19(20)12-18)29-17(2)27-10-11-28-24-15-22(25-3)14-23(16-24)26-4/h6-9,12-17H,5,10-11H2,1-4H3. The van der Waals surface area contributed by atoms with Crippen LogP contribution >= 0.6 is 0 Å². The van der Waals surface area contributed by atoms with Gasteiger partial charge in [0.15, 0.2) is 6.29 Å². The maximum Gasteiger partial charge on any atom is 0.197 e. The van der Waals surface area contributed by atoms with E-state index in [4.69, 9.17) is 23.7 Å². The smallest absolute Gasteiger partial charge is 0.197 e. The number of benzene rings is 3. The summed E-state index contributed by atoms with van der Waals surface area (Å²) in [7, 11) is 3.21. The molecule has 0 aliphatic carbocycles. The van der Waals surface area contributed by atoms with E-state index in [2.05, 4.69) is 31.2 Å². The Labute approximate surface area is 172 Å².